The van der Waals surface area contributed by atoms with Gasteiger partial charge in [-0.05, 0) is 60.4 Å². The zero-order valence-corrected chi connectivity index (χ0v) is 28.6. The fourth-order valence-electron chi connectivity index (χ4n) is 5.68. The lowest BCUT2D eigenvalue weighted by Gasteiger charge is -2.29. The minimum absolute atomic E-state index is 0.0755. The van der Waals surface area contributed by atoms with Gasteiger partial charge in [0.15, 0.2) is 0 Å². The molecule has 0 bridgehead atoms. The number of nitrogens with zero attached hydrogens (tertiary/aromatic N) is 1. The van der Waals surface area contributed by atoms with Crippen molar-refractivity contribution in [1.29, 1.82) is 0 Å². The van der Waals surface area contributed by atoms with Gasteiger partial charge in [0, 0.05) is 43.0 Å². The molecule has 0 aliphatic carbocycles. The number of ether oxygens (including phenoxy) is 3. The molecule has 1 unspecified atom stereocenters. The molecule has 1 fully saturated rings. The molecule has 0 spiro atoms. The maximum atomic E-state index is 13.2. The third kappa shape index (κ3) is 10.2. The number of hydrogen-bond acceptors (Lipinski definition) is 10. The van der Waals surface area contributed by atoms with Gasteiger partial charge in [-0.2, -0.15) is 0 Å². The summed E-state index contributed by atoms with van der Waals surface area (Å²) in [6, 6.07) is 19.5. The van der Waals surface area contributed by atoms with Crippen molar-refractivity contribution >= 4 is 40.9 Å². The molecule has 14 heteroatoms. The molecule has 5 rings (SSSR count). The van der Waals surface area contributed by atoms with Crippen LogP contribution in [0.5, 0.6) is 0 Å². The second kappa shape index (κ2) is 18.7. The third-order valence-electron chi connectivity index (χ3n) is 8.32. The number of anilines is 2. The summed E-state index contributed by atoms with van der Waals surface area (Å²) >= 11 is 0. The van der Waals surface area contributed by atoms with Crippen molar-refractivity contribution in [3.63, 3.8) is 0 Å². The molecule has 0 radical (unpaired) electrons. The zero-order valence-electron chi connectivity index (χ0n) is 28.6. The highest BCUT2D eigenvalue weighted by atomic mass is 16.5. The van der Waals surface area contributed by atoms with Gasteiger partial charge in [0.2, 0.25) is 11.8 Å². The first kappa shape index (κ1) is 37.1. The minimum atomic E-state index is -0.356. The molecule has 2 aliphatic heterocycles. The van der Waals surface area contributed by atoms with Gasteiger partial charge in [-0.15, -0.1) is 0 Å². The van der Waals surface area contributed by atoms with Crippen LogP contribution in [0.15, 0.2) is 66.7 Å². The van der Waals surface area contributed by atoms with Crippen LogP contribution < -0.4 is 26.8 Å². The molecule has 2 heterocycles. The Labute approximate surface area is 296 Å². The van der Waals surface area contributed by atoms with Crippen molar-refractivity contribution < 1.29 is 38.2 Å². The van der Waals surface area contributed by atoms with E-state index >= 15 is 0 Å². The molecule has 0 aromatic heterocycles. The highest BCUT2D eigenvalue weighted by molar-refractivity contribution is 6.24. The summed E-state index contributed by atoms with van der Waals surface area (Å²) in [5.41, 5.74) is 9.90. The number of hydrazine groups is 1. The molecule has 0 saturated carbocycles. The fourth-order valence-corrected chi connectivity index (χ4v) is 5.68. The van der Waals surface area contributed by atoms with Gasteiger partial charge < -0.3 is 30.2 Å². The number of fused-ring (bicyclic) bond motifs is 1. The van der Waals surface area contributed by atoms with Crippen LogP contribution in [0.1, 0.15) is 57.3 Å². The number of nitrogens with one attached hydrogen (secondary N) is 5. The summed E-state index contributed by atoms with van der Waals surface area (Å²) in [5.74, 6) is -1.24. The Balaban J connectivity index is 0.909. The Morgan fingerprint density at radius 1 is 0.824 bits per heavy atom. The van der Waals surface area contributed by atoms with E-state index in [0.717, 1.165) is 17.5 Å². The van der Waals surface area contributed by atoms with Crippen LogP contribution in [0.4, 0.5) is 11.4 Å². The number of carbonyl (C=O) groups is 5. The highest BCUT2D eigenvalue weighted by Gasteiger charge is 2.42. The predicted octanol–water partition coefficient (Wildman–Crippen LogP) is 2.97. The van der Waals surface area contributed by atoms with Gasteiger partial charge in [-0.1, -0.05) is 37.3 Å². The van der Waals surface area contributed by atoms with E-state index < -0.39 is 0 Å². The Kier molecular flexibility index (Phi) is 13.6. The Morgan fingerprint density at radius 2 is 1.51 bits per heavy atom. The largest absolute Gasteiger partial charge is 0.382 e. The van der Waals surface area contributed by atoms with Crippen LogP contribution in [-0.2, 0) is 23.8 Å². The lowest BCUT2D eigenvalue weighted by Crippen LogP contribution is -2.50. The summed E-state index contributed by atoms with van der Waals surface area (Å²) in [5, 5.41) is 8.72. The average molecular weight is 701 g/mol. The van der Waals surface area contributed by atoms with Crippen LogP contribution in [0, 0.1) is 0 Å². The summed E-state index contributed by atoms with van der Waals surface area (Å²) in [6.45, 7) is 4.87. The Hall–Kier alpha value is -5.15. The average Bonchev–Trinajstić information content (AvgIpc) is 3.40. The summed E-state index contributed by atoms with van der Waals surface area (Å²) < 4.78 is 16.6. The maximum absolute atomic E-state index is 13.2. The van der Waals surface area contributed by atoms with E-state index in [0.29, 0.717) is 74.0 Å². The number of hydrogen-bond donors (Lipinski definition) is 5. The molecule has 270 valence electrons. The molecule has 14 nitrogen and oxygen atoms in total. The second-order valence-electron chi connectivity index (χ2n) is 12.0. The summed E-state index contributed by atoms with van der Waals surface area (Å²) in [7, 11) is 0. The number of rotatable bonds is 19. The second-order valence-corrected chi connectivity index (χ2v) is 12.0. The molecule has 1 saturated heterocycles. The third-order valence-corrected chi connectivity index (χ3v) is 8.32. The zero-order chi connectivity index (χ0) is 36.0. The van der Waals surface area contributed by atoms with Gasteiger partial charge in [0.1, 0.15) is 6.61 Å². The normalized spacial score (nSPS) is 15.4. The first-order valence-electron chi connectivity index (χ1n) is 17.1. The highest BCUT2D eigenvalue weighted by Crippen LogP contribution is 2.32. The quantitative estimate of drug-likeness (QED) is 0.0710. The molecule has 5 N–H and O–H groups in total. The van der Waals surface area contributed by atoms with Crippen molar-refractivity contribution in [1.82, 2.24) is 21.1 Å². The van der Waals surface area contributed by atoms with Crippen molar-refractivity contribution in [2.24, 2.45) is 0 Å². The molecular formula is C37H44N6O8. The minimum Gasteiger partial charge on any atom is -0.382 e. The lowest BCUT2D eigenvalue weighted by molar-refractivity contribution is -0.123. The van der Waals surface area contributed by atoms with Crippen molar-refractivity contribution in [2.75, 3.05) is 69.9 Å². The molecule has 5 amide bonds. The number of benzene rings is 3. The van der Waals surface area contributed by atoms with Crippen molar-refractivity contribution in [2.45, 2.75) is 32.2 Å². The topological polar surface area (TPSA) is 176 Å². The van der Waals surface area contributed by atoms with Crippen molar-refractivity contribution in [3.05, 3.63) is 83.4 Å². The Bertz CT molecular complexity index is 1670. The van der Waals surface area contributed by atoms with E-state index in [1.54, 1.807) is 30.3 Å². The van der Waals surface area contributed by atoms with Crippen LogP contribution in [-0.4, -0.2) is 99.8 Å². The van der Waals surface area contributed by atoms with Crippen LogP contribution in [0.25, 0.3) is 11.1 Å². The molecule has 3 aromatic rings. The summed E-state index contributed by atoms with van der Waals surface area (Å²) in [4.78, 5) is 63.4. The van der Waals surface area contributed by atoms with Gasteiger partial charge in [-0.3, -0.25) is 34.3 Å². The van der Waals surface area contributed by atoms with E-state index in [2.05, 4.69) is 26.8 Å². The Morgan fingerprint density at radius 3 is 2.20 bits per heavy atom. The molecule has 2 aliphatic rings. The molecule has 3 aromatic carbocycles. The number of carbonyl (C=O) groups excluding carboxylic acids is 5. The van der Waals surface area contributed by atoms with Crippen LogP contribution in [0.2, 0.25) is 0 Å². The van der Waals surface area contributed by atoms with Crippen molar-refractivity contribution in [3.8, 4) is 11.1 Å². The monoisotopic (exact) mass is 700 g/mol. The van der Waals surface area contributed by atoms with Crippen LogP contribution in [0.3, 0.4) is 0 Å². The van der Waals surface area contributed by atoms with Crippen LogP contribution >= 0.6 is 0 Å². The fraction of sp³-hybridized carbons (Fsp3) is 0.378. The smallest absolute Gasteiger partial charge is 0.265 e. The van der Waals surface area contributed by atoms with E-state index in [1.165, 1.54) is 4.90 Å². The number of amides is 5. The maximum Gasteiger partial charge on any atom is 0.265 e. The van der Waals surface area contributed by atoms with Gasteiger partial charge in [0.05, 0.1) is 50.2 Å². The van der Waals surface area contributed by atoms with E-state index in [9.17, 15) is 24.0 Å². The first-order valence-corrected chi connectivity index (χ1v) is 17.1. The first-order chi connectivity index (χ1) is 24.9. The molecular weight excluding hydrogens is 656 g/mol. The lowest BCUT2D eigenvalue weighted by atomic mass is 10.0. The molecule has 51 heavy (non-hydrogen) atoms. The standard InChI is InChI=1S/C37H44N6O8/c1-2-16-40-42-35(46)27-8-6-25(7-9-27)26-10-12-28(13-11-26)41-33(45)24-51-22-21-50-20-19-49-18-17-38-31-5-3-4-30-34(31)37(48)43(36(30)47)29-14-15-32(44)39-23-29/h3-13,29,38,40H,2,14-24H2,1H3,(H,39,44)(H,41,45)(H,42,46). The number of piperidine rings is 1. The van der Waals surface area contributed by atoms with E-state index in [-0.39, 0.29) is 61.8 Å². The van der Waals surface area contributed by atoms with Gasteiger partial charge >= 0.3 is 0 Å². The van der Waals surface area contributed by atoms with Gasteiger partial charge in [-0.25, -0.2) is 5.43 Å². The predicted molar refractivity (Wildman–Crippen MR) is 190 cm³/mol. The molecule has 1 atom stereocenters. The van der Waals surface area contributed by atoms with E-state index in [4.69, 9.17) is 14.2 Å². The van der Waals surface area contributed by atoms with E-state index in [1.807, 2.05) is 43.3 Å². The number of imide groups is 1. The van der Waals surface area contributed by atoms with Gasteiger partial charge in [0.25, 0.3) is 17.7 Å². The SMILES string of the molecule is CCCNNC(=O)c1ccc(-c2ccc(NC(=O)COCCOCCOCCNc3cccc4c3C(=O)N(C3CCC(=O)NC3)C4=O)cc2)cc1. The summed E-state index contributed by atoms with van der Waals surface area (Å²) in [6.07, 6.45) is 1.65.